The first kappa shape index (κ1) is 14.8. The summed E-state index contributed by atoms with van der Waals surface area (Å²) in [6, 6.07) is 7.36. The number of carbonyl (C=O) groups excluding carboxylic acids is 1. The minimum absolute atomic E-state index is 0.0530. The number of hydrogen-bond donors (Lipinski definition) is 1. The lowest BCUT2D eigenvalue weighted by atomic mass is 10.2. The van der Waals surface area contributed by atoms with Gasteiger partial charge in [-0.2, -0.15) is 0 Å². The molecule has 1 saturated heterocycles. The number of aryl methyl sites for hydroxylation is 1. The molecule has 1 aliphatic rings. The van der Waals surface area contributed by atoms with Crippen molar-refractivity contribution >= 4 is 15.7 Å². The fourth-order valence-electron chi connectivity index (χ4n) is 2.18. The zero-order chi connectivity index (χ0) is 14.6. The molecule has 1 aliphatic heterocycles. The Bertz CT molecular complexity index is 583. The molecular weight excluding hydrogens is 278 g/mol. The van der Waals surface area contributed by atoms with Gasteiger partial charge in [-0.25, -0.2) is 8.42 Å². The SMILES string of the molecule is Cc1ccccc1OCCC(=O)N[C@@H]1CCS(=O)(=O)C1. The number of sulfone groups is 1. The zero-order valence-electron chi connectivity index (χ0n) is 11.5. The van der Waals surface area contributed by atoms with Crippen LogP contribution in [0.1, 0.15) is 18.4 Å². The van der Waals surface area contributed by atoms with Crippen LogP contribution >= 0.6 is 0 Å². The second kappa shape index (κ2) is 6.26. The summed E-state index contributed by atoms with van der Waals surface area (Å²) in [5, 5.41) is 2.74. The average molecular weight is 297 g/mol. The average Bonchev–Trinajstić information content (AvgIpc) is 2.71. The highest BCUT2D eigenvalue weighted by molar-refractivity contribution is 7.91. The molecule has 1 aromatic rings. The number of rotatable bonds is 5. The van der Waals surface area contributed by atoms with Crippen molar-refractivity contribution in [3.63, 3.8) is 0 Å². The van der Waals surface area contributed by atoms with E-state index in [1.165, 1.54) is 0 Å². The van der Waals surface area contributed by atoms with Crippen LogP contribution in [0.5, 0.6) is 5.75 Å². The Morgan fingerprint density at radius 2 is 2.15 bits per heavy atom. The highest BCUT2D eigenvalue weighted by atomic mass is 32.2. The Morgan fingerprint density at radius 3 is 2.80 bits per heavy atom. The van der Waals surface area contributed by atoms with E-state index in [-0.39, 0.29) is 36.5 Å². The van der Waals surface area contributed by atoms with Gasteiger partial charge in [0.1, 0.15) is 5.75 Å². The first-order chi connectivity index (χ1) is 9.46. The van der Waals surface area contributed by atoms with Gasteiger partial charge in [0.15, 0.2) is 9.84 Å². The van der Waals surface area contributed by atoms with Crippen LogP contribution in [-0.4, -0.2) is 38.5 Å². The predicted octanol–water partition coefficient (Wildman–Crippen LogP) is 1.07. The Balaban J connectivity index is 1.72. The Kier molecular flexibility index (Phi) is 4.65. The third-order valence-electron chi connectivity index (χ3n) is 3.28. The summed E-state index contributed by atoms with van der Waals surface area (Å²) < 4.78 is 28.1. The maximum atomic E-state index is 11.7. The van der Waals surface area contributed by atoms with Gasteiger partial charge in [0.2, 0.25) is 5.91 Å². The first-order valence-corrected chi connectivity index (χ1v) is 8.47. The molecule has 0 bridgehead atoms. The number of para-hydroxylation sites is 1. The fraction of sp³-hybridized carbons (Fsp3) is 0.500. The van der Waals surface area contributed by atoms with Crippen molar-refractivity contribution in [3.05, 3.63) is 29.8 Å². The second-order valence-electron chi connectivity index (χ2n) is 5.03. The van der Waals surface area contributed by atoms with E-state index in [0.29, 0.717) is 6.42 Å². The molecular formula is C14H19NO4S. The number of ether oxygens (including phenoxy) is 1. The quantitative estimate of drug-likeness (QED) is 0.882. The van der Waals surface area contributed by atoms with Gasteiger partial charge in [-0.05, 0) is 25.0 Å². The van der Waals surface area contributed by atoms with Crippen molar-refractivity contribution in [1.29, 1.82) is 0 Å². The van der Waals surface area contributed by atoms with Gasteiger partial charge < -0.3 is 10.1 Å². The molecule has 20 heavy (non-hydrogen) atoms. The highest BCUT2D eigenvalue weighted by Gasteiger charge is 2.28. The summed E-state index contributed by atoms with van der Waals surface area (Å²) in [7, 11) is -2.96. The largest absolute Gasteiger partial charge is 0.493 e. The molecule has 0 aromatic heterocycles. The number of nitrogens with one attached hydrogen (secondary N) is 1. The number of carbonyl (C=O) groups is 1. The van der Waals surface area contributed by atoms with E-state index < -0.39 is 9.84 Å². The Hall–Kier alpha value is -1.56. The summed E-state index contributed by atoms with van der Waals surface area (Å²) in [4.78, 5) is 11.7. The van der Waals surface area contributed by atoms with Gasteiger partial charge >= 0.3 is 0 Å². The summed E-state index contributed by atoms with van der Waals surface area (Å²) in [5.74, 6) is 0.819. The van der Waals surface area contributed by atoms with Crippen molar-refractivity contribution in [2.75, 3.05) is 18.1 Å². The van der Waals surface area contributed by atoms with Gasteiger partial charge in [0, 0.05) is 6.04 Å². The van der Waals surface area contributed by atoms with Gasteiger partial charge in [-0.1, -0.05) is 18.2 Å². The molecule has 0 aliphatic carbocycles. The molecule has 2 rings (SSSR count). The molecule has 6 heteroatoms. The number of benzene rings is 1. The van der Waals surface area contributed by atoms with E-state index in [2.05, 4.69) is 5.32 Å². The van der Waals surface area contributed by atoms with Crippen LogP contribution in [-0.2, 0) is 14.6 Å². The van der Waals surface area contributed by atoms with Crippen LogP contribution in [0.15, 0.2) is 24.3 Å². The van der Waals surface area contributed by atoms with E-state index >= 15 is 0 Å². The smallest absolute Gasteiger partial charge is 0.223 e. The molecule has 1 atom stereocenters. The van der Waals surface area contributed by atoms with Crippen molar-refractivity contribution in [2.24, 2.45) is 0 Å². The fourth-order valence-corrected chi connectivity index (χ4v) is 3.85. The molecule has 1 heterocycles. The van der Waals surface area contributed by atoms with Crippen LogP contribution in [0, 0.1) is 6.92 Å². The third-order valence-corrected chi connectivity index (χ3v) is 5.05. The summed E-state index contributed by atoms with van der Waals surface area (Å²) in [6.45, 7) is 2.23. The normalized spacial score (nSPS) is 20.6. The van der Waals surface area contributed by atoms with Crippen molar-refractivity contribution in [1.82, 2.24) is 5.32 Å². The summed E-state index contributed by atoms with van der Waals surface area (Å²) >= 11 is 0. The van der Waals surface area contributed by atoms with Crippen LogP contribution in [0.25, 0.3) is 0 Å². The minimum Gasteiger partial charge on any atom is -0.493 e. The van der Waals surface area contributed by atoms with Gasteiger partial charge in [0.25, 0.3) is 0 Å². The Labute approximate surface area is 119 Å². The van der Waals surface area contributed by atoms with E-state index in [0.717, 1.165) is 11.3 Å². The maximum Gasteiger partial charge on any atom is 0.223 e. The van der Waals surface area contributed by atoms with Crippen molar-refractivity contribution in [2.45, 2.75) is 25.8 Å². The van der Waals surface area contributed by atoms with Crippen molar-refractivity contribution in [3.8, 4) is 5.75 Å². The number of hydrogen-bond acceptors (Lipinski definition) is 4. The molecule has 1 aromatic carbocycles. The molecule has 1 amide bonds. The second-order valence-corrected chi connectivity index (χ2v) is 7.26. The minimum atomic E-state index is -2.96. The molecule has 0 unspecified atom stereocenters. The zero-order valence-corrected chi connectivity index (χ0v) is 12.3. The van der Waals surface area contributed by atoms with Crippen LogP contribution in [0.3, 0.4) is 0 Å². The van der Waals surface area contributed by atoms with E-state index in [1.54, 1.807) is 0 Å². The standard InChI is InChI=1S/C14H19NO4S/c1-11-4-2-3-5-13(11)19-8-6-14(16)15-12-7-9-20(17,18)10-12/h2-5,12H,6-10H2,1H3,(H,15,16)/t12-/m1/s1. The topological polar surface area (TPSA) is 72.5 Å². The van der Waals surface area contributed by atoms with E-state index in [9.17, 15) is 13.2 Å². The maximum absolute atomic E-state index is 11.7. The van der Waals surface area contributed by atoms with Crippen LogP contribution < -0.4 is 10.1 Å². The molecule has 0 saturated carbocycles. The van der Waals surface area contributed by atoms with E-state index in [1.807, 2.05) is 31.2 Å². The highest BCUT2D eigenvalue weighted by Crippen LogP contribution is 2.16. The Morgan fingerprint density at radius 1 is 1.40 bits per heavy atom. The lowest BCUT2D eigenvalue weighted by Crippen LogP contribution is -2.36. The van der Waals surface area contributed by atoms with Crippen molar-refractivity contribution < 1.29 is 17.9 Å². The predicted molar refractivity (Wildman–Crippen MR) is 76.5 cm³/mol. The van der Waals surface area contributed by atoms with Gasteiger partial charge in [0.05, 0.1) is 24.5 Å². The molecule has 1 N–H and O–H groups in total. The van der Waals surface area contributed by atoms with Gasteiger partial charge in [-0.3, -0.25) is 4.79 Å². The monoisotopic (exact) mass is 297 g/mol. The molecule has 0 spiro atoms. The lowest BCUT2D eigenvalue weighted by Gasteiger charge is -2.12. The van der Waals surface area contributed by atoms with Gasteiger partial charge in [-0.15, -0.1) is 0 Å². The molecule has 0 radical (unpaired) electrons. The van der Waals surface area contributed by atoms with Crippen LogP contribution in [0.4, 0.5) is 0 Å². The van der Waals surface area contributed by atoms with E-state index in [4.69, 9.17) is 4.74 Å². The summed E-state index contributed by atoms with van der Waals surface area (Å²) in [6.07, 6.45) is 0.734. The summed E-state index contributed by atoms with van der Waals surface area (Å²) in [5.41, 5.74) is 1.02. The molecule has 5 nitrogen and oxygen atoms in total. The van der Waals surface area contributed by atoms with Crippen LogP contribution in [0.2, 0.25) is 0 Å². The molecule has 110 valence electrons. The molecule has 1 fully saturated rings. The first-order valence-electron chi connectivity index (χ1n) is 6.64. The number of amides is 1. The third kappa shape index (κ3) is 4.23. The lowest BCUT2D eigenvalue weighted by molar-refractivity contribution is -0.122.